The van der Waals surface area contributed by atoms with Crippen molar-refractivity contribution in [2.24, 2.45) is 0 Å². The molecule has 0 aromatic heterocycles. The SMILES string of the molecule is CCCC(Cl)(Cl)C(=O)Oc1ccccc1. The van der Waals surface area contributed by atoms with E-state index in [9.17, 15) is 4.79 Å². The van der Waals surface area contributed by atoms with Crippen LogP contribution in [0.4, 0.5) is 0 Å². The van der Waals surface area contributed by atoms with Gasteiger partial charge in [-0.25, -0.2) is 4.79 Å². The highest BCUT2D eigenvalue weighted by Gasteiger charge is 2.34. The fourth-order valence-electron chi connectivity index (χ4n) is 1.09. The third-order valence-electron chi connectivity index (χ3n) is 1.82. The molecule has 0 radical (unpaired) electrons. The van der Waals surface area contributed by atoms with E-state index in [1.54, 1.807) is 24.3 Å². The molecule has 0 aliphatic heterocycles. The van der Waals surface area contributed by atoms with Gasteiger partial charge in [-0.15, -0.1) is 0 Å². The molecular weight excluding hydrogens is 235 g/mol. The van der Waals surface area contributed by atoms with Crippen molar-refractivity contribution in [3.63, 3.8) is 0 Å². The predicted octanol–water partition coefficient (Wildman–Crippen LogP) is 3.57. The number of hydrogen-bond donors (Lipinski definition) is 0. The van der Waals surface area contributed by atoms with Crippen LogP contribution in [-0.4, -0.2) is 10.3 Å². The lowest BCUT2D eigenvalue weighted by Gasteiger charge is -2.16. The Hall–Kier alpha value is -0.730. The van der Waals surface area contributed by atoms with Crippen molar-refractivity contribution < 1.29 is 9.53 Å². The average Bonchev–Trinajstić information content (AvgIpc) is 2.19. The standard InChI is InChI=1S/C11H12Cl2O2/c1-2-8-11(12,13)10(14)15-9-6-4-3-5-7-9/h3-7H,2,8H2,1H3. The first-order valence-corrected chi connectivity index (χ1v) is 5.47. The molecule has 0 spiro atoms. The van der Waals surface area contributed by atoms with Crippen molar-refractivity contribution in [1.82, 2.24) is 0 Å². The van der Waals surface area contributed by atoms with Crippen LogP contribution in [-0.2, 0) is 4.79 Å². The number of carbonyl (C=O) groups excluding carboxylic acids is 1. The van der Waals surface area contributed by atoms with Gasteiger partial charge in [0.1, 0.15) is 5.75 Å². The number of halogens is 2. The molecule has 0 amide bonds. The third-order valence-corrected chi connectivity index (χ3v) is 2.50. The second-order valence-electron chi connectivity index (χ2n) is 3.16. The van der Waals surface area contributed by atoms with Crippen LogP contribution in [0.3, 0.4) is 0 Å². The lowest BCUT2D eigenvalue weighted by molar-refractivity contribution is -0.135. The second kappa shape index (κ2) is 5.38. The van der Waals surface area contributed by atoms with Gasteiger partial charge in [0.25, 0.3) is 0 Å². The van der Waals surface area contributed by atoms with Gasteiger partial charge in [-0.3, -0.25) is 0 Å². The highest BCUT2D eigenvalue weighted by molar-refractivity contribution is 6.57. The molecule has 4 heteroatoms. The van der Waals surface area contributed by atoms with Crippen molar-refractivity contribution >= 4 is 29.2 Å². The zero-order valence-electron chi connectivity index (χ0n) is 8.37. The molecule has 1 aromatic carbocycles. The molecule has 15 heavy (non-hydrogen) atoms. The summed E-state index contributed by atoms with van der Waals surface area (Å²) in [5.74, 6) is -0.178. The Bertz CT molecular complexity index is 323. The summed E-state index contributed by atoms with van der Waals surface area (Å²) in [5.41, 5.74) is 0. The molecule has 0 fully saturated rings. The Morgan fingerprint density at radius 1 is 1.33 bits per heavy atom. The number of benzene rings is 1. The van der Waals surface area contributed by atoms with Crippen molar-refractivity contribution in [2.75, 3.05) is 0 Å². The Morgan fingerprint density at radius 3 is 2.47 bits per heavy atom. The molecule has 0 unspecified atom stereocenters. The van der Waals surface area contributed by atoms with E-state index < -0.39 is 10.3 Å². The van der Waals surface area contributed by atoms with Crippen LogP contribution in [0.1, 0.15) is 19.8 Å². The van der Waals surface area contributed by atoms with Crippen LogP contribution in [0.5, 0.6) is 5.75 Å². The Labute approximate surface area is 99.1 Å². The van der Waals surface area contributed by atoms with Crippen LogP contribution in [0.15, 0.2) is 30.3 Å². The van der Waals surface area contributed by atoms with Gasteiger partial charge >= 0.3 is 5.97 Å². The van der Waals surface area contributed by atoms with E-state index in [2.05, 4.69) is 0 Å². The smallest absolute Gasteiger partial charge is 0.348 e. The van der Waals surface area contributed by atoms with Gasteiger partial charge in [0.05, 0.1) is 0 Å². The number of rotatable bonds is 4. The topological polar surface area (TPSA) is 26.3 Å². The Balaban J connectivity index is 2.63. The van der Waals surface area contributed by atoms with Crippen molar-refractivity contribution in [3.05, 3.63) is 30.3 Å². The van der Waals surface area contributed by atoms with E-state index >= 15 is 0 Å². The fourth-order valence-corrected chi connectivity index (χ4v) is 1.54. The van der Waals surface area contributed by atoms with E-state index in [4.69, 9.17) is 27.9 Å². The number of ether oxygens (including phenoxy) is 1. The fraction of sp³-hybridized carbons (Fsp3) is 0.364. The highest BCUT2D eigenvalue weighted by atomic mass is 35.5. The second-order valence-corrected chi connectivity index (χ2v) is 4.64. The largest absolute Gasteiger partial charge is 0.424 e. The minimum Gasteiger partial charge on any atom is -0.424 e. The third kappa shape index (κ3) is 3.73. The van der Waals surface area contributed by atoms with Crippen LogP contribution < -0.4 is 4.74 Å². The van der Waals surface area contributed by atoms with Gasteiger partial charge in [0.2, 0.25) is 4.33 Å². The first-order chi connectivity index (χ1) is 7.06. The number of esters is 1. The monoisotopic (exact) mass is 246 g/mol. The molecule has 82 valence electrons. The zero-order chi connectivity index (χ0) is 11.3. The highest BCUT2D eigenvalue weighted by Crippen LogP contribution is 2.29. The lowest BCUT2D eigenvalue weighted by atomic mass is 10.2. The first kappa shape index (κ1) is 12.3. The first-order valence-electron chi connectivity index (χ1n) is 4.71. The Morgan fingerprint density at radius 2 is 1.93 bits per heavy atom. The number of alkyl halides is 2. The van der Waals surface area contributed by atoms with Crippen molar-refractivity contribution in [1.29, 1.82) is 0 Å². The van der Waals surface area contributed by atoms with Crippen LogP contribution in [0.2, 0.25) is 0 Å². The molecule has 0 atom stereocenters. The summed E-state index contributed by atoms with van der Waals surface area (Å²) in [6.07, 6.45) is 1.10. The quantitative estimate of drug-likeness (QED) is 0.462. The molecule has 0 saturated heterocycles. The predicted molar refractivity (Wildman–Crippen MR) is 61.4 cm³/mol. The molecule has 0 N–H and O–H groups in total. The van der Waals surface area contributed by atoms with Gasteiger partial charge in [0, 0.05) is 0 Å². The zero-order valence-corrected chi connectivity index (χ0v) is 9.89. The lowest BCUT2D eigenvalue weighted by Crippen LogP contribution is -2.30. The van der Waals surface area contributed by atoms with Gasteiger partial charge in [-0.1, -0.05) is 54.7 Å². The van der Waals surface area contributed by atoms with Crippen molar-refractivity contribution in [3.8, 4) is 5.75 Å². The molecule has 1 aromatic rings. The van der Waals surface area contributed by atoms with E-state index in [0.29, 0.717) is 12.2 Å². The summed E-state index contributed by atoms with van der Waals surface area (Å²) in [7, 11) is 0. The van der Waals surface area contributed by atoms with Gasteiger partial charge in [-0.05, 0) is 18.6 Å². The molecule has 0 aliphatic rings. The van der Waals surface area contributed by atoms with E-state index in [-0.39, 0.29) is 0 Å². The summed E-state index contributed by atoms with van der Waals surface area (Å²) in [6, 6.07) is 8.72. The summed E-state index contributed by atoms with van der Waals surface area (Å²) in [6.45, 7) is 1.90. The Kier molecular flexibility index (Phi) is 4.43. The molecular formula is C11H12Cl2O2. The summed E-state index contributed by atoms with van der Waals surface area (Å²) >= 11 is 11.7. The van der Waals surface area contributed by atoms with E-state index in [1.165, 1.54) is 0 Å². The van der Waals surface area contributed by atoms with Gasteiger partial charge in [0.15, 0.2) is 0 Å². The van der Waals surface area contributed by atoms with Crippen LogP contribution in [0, 0.1) is 0 Å². The minimum absolute atomic E-state index is 0.377. The molecule has 1 rings (SSSR count). The van der Waals surface area contributed by atoms with Crippen LogP contribution in [0.25, 0.3) is 0 Å². The summed E-state index contributed by atoms with van der Waals surface area (Å²) in [4.78, 5) is 11.5. The van der Waals surface area contributed by atoms with E-state index in [0.717, 1.165) is 6.42 Å². The number of para-hydroxylation sites is 1. The summed E-state index contributed by atoms with van der Waals surface area (Å²) in [5, 5.41) is 0. The van der Waals surface area contributed by atoms with E-state index in [1.807, 2.05) is 13.0 Å². The maximum Gasteiger partial charge on any atom is 0.348 e. The maximum absolute atomic E-state index is 11.5. The normalized spacial score (nSPS) is 11.1. The maximum atomic E-state index is 11.5. The summed E-state index contributed by atoms with van der Waals surface area (Å²) < 4.78 is 3.58. The van der Waals surface area contributed by atoms with Gasteiger partial charge in [-0.2, -0.15) is 0 Å². The molecule has 0 heterocycles. The molecule has 2 nitrogen and oxygen atoms in total. The number of carbonyl (C=O) groups is 1. The molecule has 0 bridgehead atoms. The van der Waals surface area contributed by atoms with Gasteiger partial charge < -0.3 is 4.74 Å². The molecule has 0 saturated carbocycles. The molecule has 0 aliphatic carbocycles. The van der Waals surface area contributed by atoms with Crippen molar-refractivity contribution in [2.45, 2.75) is 24.1 Å². The van der Waals surface area contributed by atoms with Crippen LogP contribution >= 0.6 is 23.2 Å². The minimum atomic E-state index is -1.45. The average molecular weight is 247 g/mol. The number of hydrogen-bond acceptors (Lipinski definition) is 2.